The first-order chi connectivity index (χ1) is 12.2. The monoisotopic (exact) mass is 360 g/mol. The molecule has 0 spiro atoms. The van der Waals surface area contributed by atoms with E-state index in [1.54, 1.807) is 6.20 Å². The number of primary amides is 1. The number of nitrogens with two attached hydrogens (primary N) is 2. The predicted molar refractivity (Wildman–Crippen MR) is 97.3 cm³/mol. The van der Waals surface area contributed by atoms with Crippen LogP contribution in [0.25, 0.3) is 10.9 Å². The van der Waals surface area contributed by atoms with Crippen LogP contribution in [0.5, 0.6) is 0 Å². The Morgan fingerprint density at radius 1 is 1.23 bits per heavy atom. The number of para-hydroxylation sites is 1. The van der Waals surface area contributed by atoms with Crippen molar-refractivity contribution in [3.8, 4) is 0 Å². The lowest BCUT2D eigenvalue weighted by Crippen LogP contribution is -2.56. The van der Waals surface area contributed by atoms with Crippen molar-refractivity contribution in [1.29, 1.82) is 0 Å². The lowest BCUT2D eigenvalue weighted by molar-refractivity contribution is -0.148. The van der Waals surface area contributed by atoms with E-state index in [0.29, 0.717) is 16.9 Å². The van der Waals surface area contributed by atoms with Gasteiger partial charge in [-0.2, -0.15) is 0 Å². The summed E-state index contributed by atoms with van der Waals surface area (Å²) in [7, 11) is 0. The van der Waals surface area contributed by atoms with Crippen LogP contribution in [-0.2, 0) is 16.0 Å². The van der Waals surface area contributed by atoms with Gasteiger partial charge in [-0.1, -0.05) is 32.0 Å². The molecule has 0 aliphatic heterocycles. The Labute approximate surface area is 151 Å². The Kier molecular flexibility index (Phi) is 5.99. The van der Waals surface area contributed by atoms with Gasteiger partial charge in [-0.3, -0.25) is 4.79 Å². The Morgan fingerprint density at radius 3 is 2.46 bits per heavy atom. The highest BCUT2D eigenvalue weighted by molar-refractivity contribution is 6.00. The van der Waals surface area contributed by atoms with Crippen LogP contribution in [0.15, 0.2) is 30.5 Å². The van der Waals surface area contributed by atoms with Crippen LogP contribution >= 0.6 is 0 Å². The molecule has 0 saturated heterocycles. The maximum atomic E-state index is 12.6. The number of aromatic amines is 1. The molecule has 0 aliphatic carbocycles. The molecule has 0 aliphatic rings. The summed E-state index contributed by atoms with van der Waals surface area (Å²) in [6.45, 7) is 3.75. The van der Waals surface area contributed by atoms with Crippen LogP contribution < -0.4 is 11.5 Å². The topological polar surface area (TPSA) is 143 Å². The number of H-pyrrole nitrogens is 1. The lowest BCUT2D eigenvalue weighted by atomic mass is 10.0. The van der Waals surface area contributed by atoms with Gasteiger partial charge in [-0.25, -0.2) is 14.5 Å². The van der Waals surface area contributed by atoms with Crippen molar-refractivity contribution < 1.29 is 19.5 Å². The zero-order valence-electron chi connectivity index (χ0n) is 14.8. The second kappa shape index (κ2) is 8.01. The average molecular weight is 360 g/mol. The van der Waals surface area contributed by atoms with Crippen LogP contribution in [0.1, 0.15) is 25.8 Å². The zero-order valence-corrected chi connectivity index (χ0v) is 14.8. The fourth-order valence-corrected chi connectivity index (χ4v) is 3.00. The minimum atomic E-state index is -1.43. The largest absolute Gasteiger partial charge is 0.480 e. The molecule has 8 heteroatoms. The molecule has 2 atom stereocenters. The Bertz CT molecular complexity index is 814. The van der Waals surface area contributed by atoms with E-state index < -0.39 is 30.0 Å². The molecule has 3 amide bonds. The van der Waals surface area contributed by atoms with Crippen LogP contribution in [-0.4, -0.2) is 45.0 Å². The highest BCUT2D eigenvalue weighted by Gasteiger charge is 2.36. The number of nitrogens with zero attached hydrogens (tertiary/aromatic N) is 1. The number of aromatic nitrogens is 1. The van der Waals surface area contributed by atoms with Crippen molar-refractivity contribution in [3.63, 3.8) is 0 Å². The number of rotatable bonds is 7. The number of carboxylic acid groups (broad SMARTS) is 1. The molecule has 1 aromatic carbocycles. The van der Waals surface area contributed by atoms with Gasteiger partial charge in [0, 0.05) is 23.5 Å². The minimum absolute atomic E-state index is 0.0670. The van der Waals surface area contributed by atoms with Crippen molar-refractivity contribution in [2.75, 3.05) is 0 Å². The van der Waals surface area contributed by atoms with E-state index in [-0.39, 0.29) is 12.3 Å². The molecule has 26 heavy (non-hydrogen) atoms. The van der Waals surface area contributed by atoms with Gasteiger partial charge in [-0.15, -0.1) is 0 Å². The number of hydrogen-bond acceptors (Lipinski definition) is 4. The van der Waals surface area contributed by atoms with Crippen molar-refractivity contribution >= 4 is 28.8 Å². The van der Waals surface area contributed by atoms with Crippen molar-refractivity contribution in [1.82, 2.24) is 9.88 Å². The maximum absolute atomic E-state index is 12.6. The zero-order chi connectivity index (χ0) is 19.4. The number of aliphatic carboxylic acids is 1. The van der Waals surface area contributed by atoms with Gasteiger partial charge in [0.2, 0.25) is 5.91 Å². The molecular weight excluding hydrogens is 336 g/mol. The van der Waals surface area contributed by atoms with E-state index in [4.69, 9.17) is 11.5 Å². The number of imide groups is 1. The molecular formula is C18H24N4O4. The van der Waals surface area contributed by atoms with Gasteiger partial charge < -0.3 is 21.6 Å². The van der Waals surface area contributed by atoms with Crippen LogP contribution in [0.3, 0.4) is 0 Å². The fourth-order valence-electron chi connectivity index (χ4n) is 3.00. The van der Waals surface area contributed by atoms with Crippen molar-refractivity contribution in [2.24, 2.45) is 17.4 Å². The number of fused-ring (bicyclic) bond motifs is 1. The number of benzene rings is 1. The summed E-state index contributed by atoms with van der Waals surface area (Å²) in [6, 6.07) is 3.81. The second-order valence-corrected chi connectivity index (χ2v) is 6.70. The predicted octanol–water partition coefficient (Wildman–Crippen LogP) is 1.44. The Balaban J connectivity index is 2.34. The fraction of sp³-hybridized carbons (Fsp3) is 0.389. The molecule has 0 bridgehead atoms. The SMILES string of the molecule is CC(C)C[C@H](N)C(=O)N(C(N)=O)[C@@H](Cc1c[nH]c2ccccc12)C(=O)O. The number of amides is 3. The summed E-state index contributed by atoms with van der Waals surface area (Å²) in [5.41, 5.74) is 12.7. The van der Waals surface area contributed by atoms with E-state index in [0.717, 1.165) is 10.9 Å². The van der Waals surface area contributed by atoms with Gasteiger partial charge >= 0.3 is 12.0 Å². The third-order valence-corrected chi connectivity index (χ3v) is 4.20. The van der Waals surface area contributed by atoms with Gasteiger partial charge in [0.05, 0.1) is 6.04 Å². The van der Waals surface area contributed by atoms with Crippen LogP contribution in [0.2, 0.25) is 0 Å². The number of carbonyl (C=O) groups is 3. The van der Waals surface area contributed by atoms with E-state index in [1.807, 2.05) is 38.1 Å². The van der Waals surface area contributed by atoms with E-state index in [9.17, 15) is 19.5 Å². The molecule has 1 heterocycles. The summed E-state index contributed by atoms with van der Waals surface area (Å²) in [5.74, 6) is -1.99. The quantitative estimate of drug-likeness (QED) is 0.591. The van der Waals surface area contributed by atoms with Gasteiger partial charge in [-0.05, 0) is 24.0 Å². The number of hydrogen-bond donors (Lipinski definition) is 4. The molecule has 0 fully saturated rings. The van der Waals surface area contributed by atoms with E-state index >= 15 is 0 Å². The van der Waals surface area contributed by atoms with E-state index in [2.05, 4.69) is 4.98 Å². The normalized spacial score (nSPS) is 13.5. The van der Waals surface area contributed by atoms with Gasteiger partial charge in [0.15, 0.2) is 0 Å². The molecule has 8 nitrogen and oxygen atoms in total. The van der Waals surface area contributed by atoms with Gasteiger partial charge in [0.1, 0.15) is 6.04 Å². The standard InChI is InChI=1S/C18H24N4O4/c1-10(2)7-13(19)16(23)22(18(20)26)15(17(24)25)8-11-9-21-14-6-4-3-5-12(11)14/h3-6,9-10,13,15,21H,7-8,19H2,1-2H3,(H2,20,26)(H,24,25)/t13-,15-/m0/s1. The highest BCUT2D eigenvalue weighted by Crippen LogP contribution is 2.21. The molecule has 140 valence electrons. The lowest BCUT2D eigenvalue weighted by Gasteiger charge is -2.28. The Morgan fingerprint density at radius 2 is 1.88 bits per heavy atom. The van der Waals surface area contributed by atoms with Gasteiger partial charge in [0.25, 0.3) is 0 Å². The maximum Gasteiger partial charge on any atom is 0.327 e. The smallest absolute Gasteiger partial charge is 0.327 e. The third-order valence-electron chi connectivity index (χ3n) is 4.20. The van der Waals surface area contributed by atoms with Crippen LogP contribution in [0, 0.1) is 5.92 Å². The molecule has 6 N–H and O–H groups in total. The minimum Gasteiger partial charge on any atom is -0.480 e. The second-order valence-electron chi connectivity index (χ2n) is 6.70. The average Bonchev–Trinajstić information content (AvgIpc) is 2.96. The summed E-state index contributed by atoms with van der Waals surface area (Å²) in [4.78, 5) is 39.9. The molecule has 0 unspecified atom stereocenters. The molecule has 0 saturated carbocycles. The number of nitrogens with one attached hydrogen (secondary N) is 1. The number of carbonyl (C=O) groups excluding carboxylic acids is 2. The summed E-state index contributed by atoms with van der Waals surface area (Å²) in [6.07, 6.45) is 1.92. The molecule has 2 aromatic rings. The van der Waals surface area contributed by atoms with Crippen LogP contribution in [0.4, 0.5) is 4.79 Å². The summed E-state index contributed by atoms with van der Waals surface area (Å²) in [5, 5.41) is 10.4. The number of urea groups is 1. The first-order valence-electron chi connectivity index (χ1n) is 8.38. The first kappa shape index (κ1) is 19.5. The summed E-state index contributed by atoms with van der Waals surface area (Å²) >= 11 is 0. The van der Waals surface area contributed by atoms with Crippen molar-refractivity contribution in [2.45, 2.75) is 38.8 Å². The molecule has 1 aromatic heterocycles. The number of carboxylic acids is 1. The molecule has 0 radical (unpaired) electrons. The Hall–Kier alpha value is -2.87. The first-order valence-corrected chi connectivity index (χ1v) is 8.38. The van der Waals surface area contributed by atoms with E-state index in [1.165, 1.54) is 0 Å². The third kappa shape index (κ3) is 4.20. The summed E-state index contributed by atoms with van der Waals surface area (Å²) < 4.78 is 0. The molecule has 2 rings (SSSR count). The van der Waals surface area contributed by atoms with Crippen molar-refractivity contribution in [3.05, 3.63) is 36.0 Å². The highest BCUT2D eigenvalue weighted by atomic mass is 16.4.